The van der Waals surface area contributed by atoms with Crippen molar-refractivity contribution in [2.45, 2.75) is 63.8 Å². The molecule has 6 atom stereocenters. The number of benzene rings is 1. The summed E-state index contributed by atoms with van der Waals surface area (Å²) in [4.78, 5) is 44.4. The first-order valence-electron chi connectivity index (χ1n) is 11.8. The van der Waals surface area contributed by atoms with Crippen molar-refractivity contribution >= 4 is 25.7 Å². The Hall–Kier alpha value is -2.67. The highest BCUT2D eigenvalue weighted by Gasteiger charge is 2.56. The number of nitrogens with zero attached hydrogens (tertiary/aromatic N) is 2. The molecule has 0 bridgehead atoms. The number of rotatable bonds is 12. The van der Waals surface area contributed by atoms with E-state index in [-0.39, 0.29) is 17.4 Å². The van der Waals surface area contributed by atoms with E-state index in [0.717, 1.165) is 35.0 Å². The summed E-state index contributed by atoms with van der Waals surface area (Å²) in [6.45, 7) is 3.85. The number of hydroxylamine groups is 1. The van der Waals surface area contributed by atoms with Gasteiger partial charge in [-0.2, -0.15) is 0 Å². The summed E-state index contributed by atoms with van der Waals surface area (Å²) in [5, 5.41) is 10.8. The number of aliphatic hydroxyl groups is 1. The second kappa shape index (κ2) is 12.9. The summed E-state index contributed by atoms with van der Waals surface area (Å²) in [6, 6.07) is 5.97. The van der Waals surface area contributed by atoms with E-state index < -0.39 is 62.2 Å². The number of aliphatic hydroxyl groups excluding tert-OH is 1. The largest absolute Gasteiger partial charge is 0.693 e. The Balaban J connectivity index is 1.79. The number of H-pyrrole nitrogens is 1. The van der Waals surface area contributed by atoms with Crippen LogP contribution in [0.2, 0.25) is 5.02 Å². The molecule has 1 aliphatic rings. The van der Waals surface area contributed by atoms with Gasteiger partial charge in [-0.15, -0.1) is 0 Å². The summed E-state index contributed by atoms with van der Waals surface area (Å²) in [7, 11) is -2.90. The topological polar surface area (TPSA) is 149 Å². The fourth-order valence-corrected chi connectivity index (χ4v) is 4.76. The first-order valence-corrected chi connectivity index (χ1v) is 13.3. The van der Waals surface area contributed by atoms with Crippen LogP contribution in [0.1, 0.15) is 39.8 Å². The van der Waals surface area contributed by atoms with Gasteiger partial charge in [-0.05, 0) is 32.4 Å². The first kappa shape index (κ1) is 29.9. The summed E-state index contributed by atoms with van der Waals surface area (Å²) in [5.41, 5.74) is -4.12. The Kier molecular flexibility index (Phi) is 10.2. The predicted octanol–water partition coefficient (Wildman–Crippen LogP) is 2.88. The second-order valence-electron chi connectivity index (χ2n) is 8.70. The van der Waals surface area contributed by atoms with E-state index >= 15 is 4.39 Å². The molecule has 1 saturated heterocycles. The molecule has 15 heteroatoms. The van der Waals surface area contributed by atoms with E-state index in [1.165, 1.54) is 19.1 Å². The molecular formula is C23H29ClFN3O9P+. The average molecular weight is 577 g/mol. The van der Waals surface area contributed by atoms with Crippen molar-refractivity contribution in [3.8, 4) is 5.75 Å². The Labute approximate surface area is 223 Å². The molecule has 0 aliphatic carbocycles. The van der Waals surface area contributed by atoms with Gasteiger partial charge in [0.25, 0.3) is 5.56 Å². The molecule has 12 nitrogen and oxygen atoms in total. The third-order valence-corrected chi connectivity index (χ3v) is 7.23. The third kappa shape index (κ3) is 6.85. The number of nitrogens with one attached hydrogen (secondary N) is 1. The SMILES string of the molecule is CCCCOC(=O)C(C)N(OC[C@H]1O[C@@H](n2ccc(=O)[nH]c2=O)[C@](C)(F)[C@@H]1O)[P+](=O)Oc1ccccc1Cl. The zero-order chi connectivity index (χ0) is 28.0. The highest BCUT2D eigenvalue weighted by molar-refractivity contribution is 7.36. The zero-order valence-corrected chi connectivity index (χ0v) is 22.6. The highest BCUT2D eigenvalue weighted by Crippen LogP contribution is 2.42. The lowest BCUT2D eigenvalue weighted by molar-refractivity contribution is -0.181. The standard InChI is InChI=1S/C23H28ClFN3O9P/c1-4-5-12-34-20(31)14(2)28(38(33)37-16-9-7-6-8-15(16)24)35-13-17-19(30)23(3,25)21(36-17)27-11-10-18(29)26-22(27)32/h6-11,14,17,19,21,30H,4-5,12-13H2,1-3H3/p+1/t14?,17-,19-,21-,23-/m1/s1. The minimum Gasteiger partial charge on any atom is -0.464 e. The normalized spacial score (nSPS) is 24.3. The number of hydrogen-bond donors (Lipinski definition) is 2. The number of halogens is 2. The van der Waals surface area contributed by atoms with Crippen LogP contribution in [0.15, 0.2) is 46.1 Å². The number of alkyl halides is 1. The lowest BCUT2D eigenvalue weighted by atomic mass is 9.98. The van der Waals surface area contributed by atoms with E-state index in [9.17, 15) is 24.1 Å². The van der Waals surface area contributed by atoms with Crippen molar-refractivity contribution in [1.29, 1.82) is 0 Å². The fourth-order valence-electron chi connectivity index (χ4n) is 3.58. The van der Waals surface area contributed by atoms with Gasteiger partial charge in [0.05, 0.1) is 16.5 Å². The Morgan fingerprint density at radius 3 is 2.74 bits per heavy atom. The Morgan fingerprint density at radius 2 is 2.08 bits per heavy atom. The van der Waals surface area contributed by atoms with Gasteiger partial charge in [0.1, 0.15) is 18.8 Å². The van der Waals surface area contributed by atoms with Crippen LogP contribution in [-0.4, -0.2) is 62.6 Å². The molecule has 1 fully saturated rings. The van der Waals surface area contributed by atoms with Gasteiger partial charge < -0.3 is 14.6 Å². The van der Waals surface area contributed by atoms with Crippen LogP contribution in [0, 0.1) is 0 Å². The van der Waals surface area contributed by atoms with Crippen molar-refractivity contribution in [1.82, 2.24) is 14.4 Å². The maximum atomic E-state index is 15.5. The summed E-state index contributed by atoms with van der Waals surface area (Å²) >= 11 is 6.08. The maximum absolute atomic E-state index is 15.5. The van der Waals surface area contributed by atoms with Gasteiger partial charge in [0, 0.05) is 16.8 Å². The van der Waals surface area contributed by atoms with Crippen LogP contribution >= 0.6 is 19.8 Å². The van der Waals surface area contributed by atoms with E-state index in [0.29, 0.717) is 6.42 Å². The smallest absolute Gasteiger partial charge is 0.464 e. The van der Waals surface area contributed by atoms with Gasteiger partial charge in [-0.1, -0.05) is 37.1 Å². The van der Waals surface area contributed by atoms with E-state index in [1.54, 1.807) is 12.1 Å². The molecule has 0 amide bonds. The molecule has 0 spiro atoms. The van der Waals surface area contributed by atoms with Crippen LogP contribution in [0.3, 0.4) is 0 Å². The summed E-state index contributed by atoms with van der Waals surface area (Å²) < 4.78 is 45.6. The van der Waals surface area contributed by atoms with Gasteiger partial charge in [-0.25, -0.2) is 13.7 Å². The number of aromatic amines is 1. The molecule has 0 saturated carbocycles. The molecule has 1 aliphatic heterocycles. The molecule has 208 valence electrons. The molecule has 0 radical (unpaired) electrons. The highest BCUT2D eigenvalue weighted by atomic mass is 35.5. The molecule has 2 unspecified atom stereocenters. The molecule has 1 aromatic heterocycles. The number of ether oxygens (including phenoxy) is 2. The Bertz CT molecular complexity index is 1260. The van der Waals surface area contributed by atoms with Crippen molar-refractivity contribution in [2.24, 2.45) is 0 Å². The molecule has 2 aromatic rings. The van der Waals surface area contributed by atoms with E-state index in [1.807, 2.05) is 11.9 Å². The first-order chi connectivity index (χ1) is 18.0. The number of carbonyl (C=O) groups is 1. The number of aromatic nitrogens is 2. The maximum Gasteiger partial charge on any atom is 0.693 e. The van der Waals surface area contributed by atoms with Crippen LogP contribution in [-0.2, 0) is 23.7 Å². The quantitative estimate of drug-likeness (QED) is 0.167. The van der Waals surface area contributed by atoms with Crippen LogP contribution in [0.25, 0.3) is 0 Å². The van der Waals surface area contributed by atoms with E-state index in [2.05, 4.69) is 0 Å². The zero-order valence-electron chi connectivity index (χ0n) is 20.9. The van der Waals surface area contributed by atoms with Gasteiger partial charge in [0.15, 0.2) is 17.9 Å². The number of unbranched alkanes of at least 4 members (excludes halogenated alkanes) is 1. The molecular weight excluding hydrogens is 548 g/mol. The molecule has 2 N–H and O–H groups in total. The number of para-hydroxylation sites is 1. The van der Waals surface area contributed by atoms with Crippen LogP contribution < -0.4 is 15.8 Å². The van der Waals surface area contributed by atoms with Gasteiger partial charge in [0.2, 0.25) is 5.75 Å². The van der Waals surface area contributed by atoms with Crippen molar-refractivity contribution < 1.29 is 37.7 Å². The third-order valence-electron chi connectivity index (χ3n) is 5.78. The molecule has 2 heterocycles. The number of carbonyl (C=O) groups excluding carboxylic acids is 1. The molecule has 38 heavy (non-hydrogen) atoms. The molecule has 3 rings (SSSR count). The monoisotopic (exact) mass is 576 g/mol. The van der Waals surface area contributed by atoms with Crippen molar-refractivity contribution in [3.05, 3.63) is 62.4 Å². The second-order valence-corrected chi connectivity index (χ2v) is 10.2. The Morgan fingerprint density at radius 1 is 1.37 bits per heavy atom. The van der Waals surface area contributed by atoms with Gasteiger partial charge in [-0.3, -0.25) is 24.0 Å². The molecule has 1 aromatic carbocycles. The van der Waals surface area contributed by atoms with Crippen LogP contribution in [0.4, 0.5) is 4.39 Å². The average Bonchev–Trinajstić information content (AvgIpc) is 3.09. The summed E-state index contributed by atoms with van der Waals surface area (Å²) in [6.07, 6.45) is -2.36. The minimum absolute atomic E-state index is 0.0569. The summed E-state index contributed by atoms with van der Waals surface area (Å²) in [5.74, 6) is -0.702. The van der Waals surface area contributed by atoms with E-state index in [4.69, 9.17) is 30.4 Å². The number of hydrogen-bond acceptors (Lipinski definition) is 9. The van der Waals surface area contributed by atoms with Gasteiger partial charge >= 0.3 is 19.8 Å². The number of esters is 1. The van der Waals surface area contributed by atoms with Crippen molar-refractivity contribution in [3.63, 3.8) is 0 Å². The predicted molar refractivity (Wildman–Crippen MR) is 134 cm³/mol. The lowest BCUT2D eigenvalue weighted by Gasteiger charge is -2.24. The fraction of sp³-hybridized carbons (Fsp3) is 0.522. The minimum atomic E-state index is -2.90. The van der Waals surface area contributed by atoms with Crippen molar-refractivity contribution in [2.75, 3.05) is 13.2 Å². The van der Waals surface area contributed by atoms with Crippen LogP contribution in [0.5, 0.6) is 5.75 Å². The lowest BCUT2D eigenvalue weighted by Crippen LogP contribution is -2.44.